The van der Waals surface area contributed by atoms with Crippen molar-refractivity contribution >= 4 is 5.97 Å². The lowest BCUT2D eigenvalue weighted by Gasteiger charge is -2.30. The minimum Gasteiger partial charge on any atom is -0.367 e. The van der Waals surface area contributed by atoms with Gasteiger partial charge in [0, 0.05) is 24.0 Å². The van der Waals surface area contributed by atoms with Crippen molar-refractivity contribution in [3.05, 3.63) is 10.4 Å². The van der Waals surface area contributed by atoms with E-state index < -0.39 is 5.41 Å². The maximum absolute atomic E-state index is 11.6. The molecule has 0 aromatic heterocycles. The summed E-state index contributed by atoms with van der Waals surface area (Å²) in [5.74, 6) is -0.227. The van der Waals surface area contributed by atoms with Crippen LogP contribution in [-0.4, -0.2) is 30.2 Å². The maximum atomic E-state index is 11.6. The van der Waals surface area contributed by atoms with Gasteiger partial charge in [0.2, 0.25) is 0 Å². The molecule has 1 fully saturated rings. The van der Waals surface area contributed by atoms with Gasteiger partial charge in [-0.05, 0) is 39.1 Å². The predicted octanol–water partition coefficient (Wildman–Crippen LogP) is 2.27. The summed E-state index contributed by atoms with van der Waals surface area (Å²) in [5, 5.41) is 5.31. The largest absolute Gasteiger partial charge is 0.367 e. The number of hydrogen-bond acceptors (Lipinski definition) is 4. The second kappa shape index (κ2) is 5.18. The molecule has 0 spiro atoms. The highest BCUT2D eigenvalue weighted by Crippen LogP contribution is 2.19. The summed E-state index contributed by atoms with van der Waals surface area (Å²) in [6.07, 6.45) is 1.48. The highest BCUT2D eigenvalue weighted by molar-refractivity contribution is 5.75. The topological polar surface area (TPSA) is 78.3 Å². The van der Waals surface area contributed by atoms with Crippen molar-refractivity contribution in [2.75, 3.05) is 13.1 Å². The monoisotopic (exact) mass is 226 g/mol. The van der Waals surface area contributed by atoms with Crippen molar-refractivity contribution in [3.8, 4) is 0 Å². The van der Waals surface area contributed by atoms with E-state index in [1.165, 1.54) is 0 Å². The highest BCUT2D eigenvalue weighted by atomic mass is 16.7. The van der Waals surface area contributed by atoms with Gasteiger partial charge in [0.15, 0.2) is 0 Å². The van der Waals surface area contributed by atoms with E-state index in [0.717, 1.165) is 12.8 Å². The molecule has 0 aromatic carbocycles. The Kier molecular flexibility index (Phi) is 4.15. The number of nitrogens with zero attached hydrogens (tertiary/aromatic N) is 4. The molecule has 0 aliphatic carbocycles. The minimum atomic E-state index is -0.484. The summed E-state index contributed by atoms with van der Waals surface area (Å²) in [4.78, 5) is 19.6. The fourth-order valence-electron chi connectivity index (χ4n) is 1.38. The van der Waals surface area contributed by atoms with Gasteiger partial charge >= 0.3 is 5.97 Å². The zero-order chi connectivity index (χ0) is 12.2. The number of rotatable bonds is 2. The quantitative estimate of drug-likeness (QED) is 0.411. The summed E-state index contributed by atoms with van der Waals surface area (Å²) < 4.78 is 0. The first-order valence-corrected chi connectivity index (χ1v) is 5.45. The van der Waals surface area contributed by atoms with E-state index in [2.05, 4.69) is 10.0 Å². The zero-order valence-electron chi connectivity index (χ0n) is 10.0. The second-order valence-corrected chi connectivity index (χ2v) is 4.99. The van der Waals surface area contributed by atoms with Crippen LogP contribution in [0.15, 0.2) is 5.11 Å². The number of azide groups is 1. The zero-order valence-corrected chi connectivity index (χ0v) is 10.0. The molecule has 90 valence electrons. The van der Waals surface area contributed by atoms with E-state index in [9.17, 15) is 4.79 Å². The lowest BCUT2D eigenvalue weighted by molar-refractivity contribution is -0.204. The average Bonchev–Trinajstić information content (AvgIpc) is 2.20. The maximum Gasteiger partial charge on any atom is 0.330 e. The van der Waals surface area contributed by atoms with Crippen LogP contribution in [0.25, 0.3) is 10.4 Å². The number of hydroxylamine groups is 2. The molecule has 1 heterocycles. The van der Waals surface area contributed by atoms with Crippen LogP contribution in [0.5, 0.6) is 0 Å². The first-order valence-electron chi connectivity index (χ1n) is 5.45. The number of carbonyl (C=O) groups excluding carboxylic acids is 1. The van der Waals surface area contributed by atoms with Gasteiger partial charge in [-0.25, -0.2) is 4.79 Å². The first-order chi connectivity index (χ1) is 7.43. The van der Waals surface area contributed by atoms with Gasteiger partial charge in [-0.1, -0.05) is 5.11 Å². The molecule has 0 bridgehead atoms. The Labute approximate surface area is 95.1 Å². The molecule has 1 rings (SSSR count). The smallest absolute Gasteiger partial charge is 0.330 e. The van der Waals surface area contributed by atoms with Crippen LogP contribution >= 0.6 is 0 Å². The normalized spacial score (nSPS) is 18.9. The van der Waals surface area contributed by atoms with Gasteiger partial charge in [0.25, 0.3) is 0 Å². The Morgan fingerprint density at radius 2 is 2.00 bits per heavy atom. The van der Waals surface area contributed by atoms with E-state index in [4.69, 9.17) is 10.4 Å². The van der Waals surface area contributed by atoms with Crippen LogP contribution in [0.3, 0.4) is 0 Å². The van der Waals surface area contributed by atoms with E-state index in [0.29, 0.717) is 13.1 Å². The third-order valence-corrected chi connectivity index (χ3v) is 2.46. The molecule has 0 radical (unpaired) electrons. The Bertz CT molecular complexity index is 296. The van der Waals surface area contributed by atoms with Crippen molar-refractivity contribution in [2.24, 2.45) is 10.5 Å². The molecule has 6 heteroatoms. The molecule has 0 unspecified atom stereocenters. The van der Waals surface area contributed by atoms with Crippen LogP contribution in [0.1, 0.15) is 33.6 Å². The number of carbonyl (C=O) groups is 1. The summed E-state index contributed by atoms with van der Waals surface area (Å²) >= 11 is 0. The van der Waals surface area contributed by atoms with Gasteiger partial charge in [0.05, 0.1) is 5.41 Å². The molecule has 0 N–H and O–H groups in total. The Balaban J connectivity index is 2.38. The van der Waals surface area contributed by atoms with Crippen LogP contribution in [-0.2, 0) is 9.63 Å². The highest BCUT2D eigenvalue weighted by Gasteiger charge is 2.27. The summed E-state index contributed by atoms with van der Waals surface area (Å²) in [5.41, 5.74) is 7.81. The van der Waals surface area contributed by atoms with E-state index in [1.807, 2.05) is 20.8 Å². The third kappa shape index (κ3) is 3.72. The SMILES string of the molecule is CC(C)(C)C(=O)ON1CCC(N=[N+]=[N-])CC1. The fourth-order valence-corrected chi connectivity index (χ4v) is 1.38. The Morgan fingerprint density at radius 1 is 1.44 bits per heavy atom. The first kappa shape index (κ1) is 12.8. The Hall–Kier alpha value is -1.26. The summed E-state index contributed by atoms with van der Waals surface area (Å²) in [7, 11) is 0. The molecule has 0 atom stereocenters. The lowest BCUT2D eigenvalue weighted by atomic mass is 9.98. The van der Waals surface area contributed by atoms with Crippen LogP contribution in [0.4, 0.5) is 0 Å². The van der Waals surface area contributed by atoms with Crippen molar-refractivity contribution < 1.29 is 9.63 Å². The van der Waals surface area contributed by atoms with E-state index >= 15 is 0 Å². The molecule has 1 saturated heterocycles. The predicted molar refractivity (Wildman–Crippen MR) is 59.3 cm³/mol. The third-order valence-electron chi connectivity index (χ3n) is 2.46. The van der Waals surface area contributed by atoms with Gasteiger partial charge < -0.3 is 4.84 Å². The average molecular weight is 226 g/mol. The van der Waals surface area contributed by atoms with Crippen molar-refractivity contribution in [3.63, 3.8) is 0 Å². The van der Waals surface area contributed by atoms with Crippen molar-refractivity contribution in [1.29, 1.82) is 0 Å². The van der Waals surface area contributed by atoms with Crippen molar-refractivity contribution in [2.45, 2.75) is 39.7 Å². The molecular formula is C10H18N4O2. The van der Waals surface area contributed by atoms with Gasteiger partial charge in [-0.2, -0.15) is 0 Å². The van der Waals surface area contributed by atoms with Crippen LogP contribution in [0, 0.1) is 5.41 Å². The summed E-state index contributed by atoms with van der Waals surface area (Å²) in [6, 6.07) is 0.0367. The molecule has 0 saturated carbocycles. The molecule has 1 aliphatic rings. The molecule has 6 nitrogen and oxygen atoms in total. The van der Waals surface area contributed by atoms with E-state index in [-0.39, 0.29) is 12.0 Å². The van der Waals surface area contributed by atoms with Crippen molar-refractivity contribution in [1.82, 2.24) is 5.06 Å². The summed E-state index contributed by atoms with van der Waals surface area (Å²) in [6.45, 7) is 6.73. The van der Waals surface area contributed by atoms with Gasteiger partial charge in [0.1, 0.15) is 0 Å². The molecule has 0 aromatic rings. The van der Waals surface area contributed by atoms with E-state index in [1.54, 1.807) is 5.06 Å². The molecular weight excluding hydrogens is 208 g/mol. The number of hydrogen-bond donors (Lipinski definition) is 0. The fraction of sp³-hybridized carbons (Fsp3) is 0.900. The van der Waals surface area contributed by atoms with Crippen LogP contribution < -0.4 is 0 Å². The second-order valence-electron chi connectivity index (χ2n) is 4.99. The Morgan fingerprint density at radius 3 is 2.44 bits per heavy atom. The standard InChI is InChI=1S/C10H18N4O2/c1-10(2,3)9(15)16-14-6-4-8(5-7-14)12-13-11/h8H,4-7H2,1-3H3. The van der Waals surface area contributed by atoms with Gasteiger partial charge in [-0.3, -0.25) is 0 Å². The molecule has 1 aliphatic heterocycles. The molecule has 0 amide bonds. The molecule has 16 heavy (non-hydrogen) atoms. The number of piperidine rings is 1. The van der Waals surface area contributed by atoms with Gasteiger partial charge in [-0.15, -0.1) is 5.06 Å². The minimum absolute atomic E-state index is 0.0367. The lowest BCUT2D eigenvalue weighted by Crippen LogP contribution is -2.39. The van der Waals surface area contributed by atoms with Crippen LogP contribution in [0.2, 0.25) is 0 Å².